The Morgan fingerprint density at radius 1 is 1.27 bits per heavy atom. The van der Waals surface area contributed by atoms with Crippen LogP contribution in [0.2, 0.25) is 0 Å². The average molecular weight is 568 g/mol. The number of likely N-dealkylation sites (tertiary alicyclic amines) is 1. The maximum Gasteiger partial charge on any atom is 0.416 e. The number of hydrogen-bond donors (Lipinski definition) is 3. The van der Waals surface area contributed by atoms with Crippen LogP contribution in [0, 0.1) is 12.8 Å². The van der Waals surface area contributed by atoms with Crippen molar-refractivity contribution in [3.05, 3.63) is 41.3 Å². The number of aromatic nitrogens is 3. The summed E-state index contributed by atoms with van der Waals surface area (Å²) in [6.45, 7) is 1.49. The number of aliphatic hydroxyl groups excluding tert-OH is 1. The van der Waals surface area contributed by atoms with E-state index in [0.29, 0.717) is 12.5 Å². The quantitative estimate of drug-likeness (QED) is 0.375. The number of benzene rings is 1. The SMILES string of the molecule is Cc1[nH]c2c(-c3cc(C(F)(F)F)ccc3OCC3CC3)ncnc2c1C(=O)N[C@@H]1CN(C(=O)[C@H](C)O)CC1(F)F. The standard InChI is InChI=1S/C26H26F5N5O4/c1-12-19(23(38)35-18-8-36(10-25(18,27)28)24(39)13(2)37)21-22(34-12)20(32-11-33-21)16-7-15(26(29,30)31)5-6-17(16)40-9-14-3-4-14/h5-7,11,13-14,18,34,37H,3-4,8-10H2,1-2H3,(H,35,38)/t13-,18+/m0/s1. The number of aryl methyl sites for hydroxylation is 1. The Morgan fingerprint density at radius 2 is 2.00 bits per heavy atom. The smallest absolute Gasteiger partial charge is 0.416 e. The van der Waals surface area contributed by atoms with Crippen LogP contribution < -0.4 is 10.1 Å². The maximum atomic E-state index is 14.7. The molecule has 2 amide bonds. The number of aromatic amines is 1. The van der Waals surface area contributed by atoms with E-state index in [1.54, 1.807) is 0 Å². The zero-order valence-electron chi connectivity index (χ0n) is 21.5. The number of H-pyrrole nitrogens is 1. The summed E-state index contributed by atoms with van der Waals surface area (Å²) in [6, 6.07) is 1.31. The zero-order valence-corrected chi connectivity index (χ0v) is 21.5. The lowest BCUT2D eigenvalue weighted by atomic mass is 10.0. The molecule has 0 spiro atoms. The van der Waals surface area contributed by atoms with Crippen LogP contribution in [-0.4, -0.2) is 74.5 Å². The maximum absolute atomic E-state index is 14.7. The van der Waals surface area contributed by atoms with Crippen LogP contribution in [-0.2, 0) is 11.0 Å². The average Bonchev–Trinajstić information content (AvgIpc) is 3.57. The Balaban J connectivity index is 1.50. The second-order valence-corrected chi connectivity index (χ2v) is 10.2. The summed E-state index contributed by atoms with van der Waals surface area (Å²) in [5.41, 5.74) is -0.570. The topological polar surface area (TPSA) is 120 Å². The molecule has 2 aliphatic rings. The summed E-state index contributed by atoms with van der Waals surface area (Å²) in [6.07, 6.45) is -3.12. The molecule has 14 heteroatoms. The van der Waals surface area contributed by atoms with Gasteiger partial charge in [-0.05, 0) is 50.8 Å². The van der Waals surface area contributed by atoms with E-state index in [0.717, 1.165) is 43.1 Å². The van der Waals surface area contributed by atoms with E-state index in [-0.39, 0.29) is 39.3 Å². The van der Waals surface area contributed by atoms with Crippen molar-refractivity contribution < 1.29 is 41.4 Å². The molecular weight excluding hydrogens is 541 g/mol. The highest BCUT2D eigenvalue weighted by atomic mass is 19.4. The summed E-state index contributed by atoms with van der Waals surface area (Å²) in [7, 11) is 0. The third kappa shape index (κ3) is 5.31. The fourth-order valence-electron chi connectivity index (χ4n) is 4.71. The van der Waals surface area contributed by atoms with Crippen molar-refractivity contribution >= 4 is 22.8 Å². The first kappa shape index (κ1) is 27.7. The van der Waals surface area contributed by atoms with Gasteiger partial charge in [0.2, 0.25) is 0 Å². The molecule has 1 saturated heterocycles. The van der Waals surface area contributed by atoms with Gasteiger partial charge in [-0.15, -0.1) is 0 Å². The van der Waals surface area contributed by atoms with E-state index in [1.807, 2.05) is 0 Å². The second-order valence-electron chi connectivity index (χ2n) is 10.2. The number of ether oxygens (including phenoxy) is 1. The minimum Gasteiger partial charge on any atom is -0.493 e. The highest BCUT2D eigenvalue weighted by molar-refractivity contribution is 6.09. The number of amides is 2. The number of alkyl halides is 5. The van der Waals surface area contributed by atoms with Crippen molar-refractivity contribution in [2.24, 2.45) is 5.92 Å². The highest BCUT2D eigenvalue weighted by Crippen LogP contribution is 2.40. The molecule has 3 N–H and O–H groups in total. The molecule has 40 heavy (non-hydrogen) atoms. The van der Waals surface area contributed by atoms with Gasteiger partial charge < -0.3 is 25.0 Å². The van der Waals surface area contributed by atoms with Gasteiger partial charge in [0.15, 0.2) is 0 Å². The summed E-state index contributed by atoms with van der Waals surface area (Å²) in [5.74, 6) is -4.78. The van der Waals surface area contributed by atoms with Crippen molar-refractivity contribution in [2.75, 3.05) is 19.7 Å². The Hall–Kier alpha value is -3.81. The van der Waals surface area contributed by atoms with Gasteiger partial charge in [-0.2, -0.15) is 13.2 Å². The van der Waals surface area contributed by atoms with Crippen LogP contribution in [0.4, 0.5) is 22.0 Å². The number of fused-ring (bicyclic) bond motifs is 1. The molecule has 214 valence electrons. The number of hydrogen-bond acceptors (Lipinski definition) is 6. The molecule has 2 atom stereocenters. The highest BCUT2D eigenvalue weighted by Gasteiger charge is 2.51. The van der Waals surface area contributed by atoms with Crippen LogP contribution in [0.1, 0.15) is 41.4 Å². The lowest BCUT2D eigenvalue weighted by Crippen LogP contribution is -2.47. The Kier molecular flexibility index (Phi) is 6.92. The van der Waals surface area contributed by atoms with Crippen molar-refractivity contribution in [3.8, 4) is 17.0 Å². The predicted molar refractivity (Wildman–Crippen MR) is 132 cm³/mol. The lowest BCUT2D eigenvalue weighted by molar-refractivity contribution is -0.139. The molecule has 1 aliphatic heterocycles. The number of aliphatic hydroxyl groups is 1. The normalized spacial score (nSPS) is 19.6. The van der Waals surface area contributed by atoms with Crippen LogP contribution >= 0.6 is 0 Å². The van der Waals surface area contributed by atoms with Crippen molar-refractivity contribution in [1.29, 1.82) is 0 Å². The van der Waals surface area contributed by atoms with Gasteiger partial charge in [0.05, 0.1) is 29.8 Å². The molecule has 1 aliphatic carbocycles. The number of nitrogens with zero attached hydrogens (tertiary/aromatic N) is 3. The van der Waals surface area contributed by atoms with Gasteiger partial charge in [-0.3, -0.25) is 9.59 Å². The Morgan fingerprint density at radius 3 is 2.65 bits per heavy atom. The molecule has 3 aromatic rings. The number of rotatable bonds is 7. The Bertz CT molecular complexity index is 1470. The first-order valence-electron chi connectivity index (χ1n) is 12.6. The molecular formula is C26H26F5N5O4. The largest absolute Gasteiger partial charge is 0.493 e. The van der Waals surface area contributed by atoms with E-state index in [1.165, 1.54) is 13.0 Å². The molecule has 2 aromatic heterocycles. The summed E-state index contributed by atoms with van der Waals surface area (Å²) < 4.78 is 75.9. The number of carbonyl (C=O) groups is 2. The van der Waals surface area contributed by atoms with Crippen molar-refractivity contribution in [3.63, 3.8) is 0 Å². The van der Waals surface area contributed by atoms with Crippen molar-refractivity contribution in [2.45, 2.75) is 50.9 Å². The molecule has 9 nitrogen and oxygen atoms in total. The van der Waals surface area contributed by atoms with E-state index in [4.69, 9.17) is 4.74 Å². The predicted octanol–water partition coefficient (Wildman–Crippen LogP) is 3.70. The van der Waals surface area contributed by atoms with E-state index >= 15 is 0 Å². The molecule has 0 radical (unpaired) electrons. The summed E-state index contributed by atoms with van der Waals surface area (Å²) in [4.78, 5) is 37.2. The zero-order chi connectivity index (χ0) is 29.0. The van der Waals surface area contributed by atoms with Crippen LogP contribution in [0.3, 0.4) is 0 Å². The number of nitrogens with one attached hydrogen (secondary N) is 2. The van der Waals surface area contributed by atoms with Crippen LogP contribution in [0.5, 0.6) is 5.75 Å². The molecule has 0 bridgehead atoms. The van der Waals surface area contributed by atoms with Gasteiger partial charge in [0.25, 0.3) is 17.7 Å². The monoisotopic (exact) mass is 567 g/mol. The summed E-state index contributed by atoms with van der Waals surface area (Å²) in [5, 5.41) is 11.7. The minimum atomic E-state index is -4.64. The second kappa shape index (κ2) is 9.98. The fraction of sp³-hybridized carbons (Fsp3) is 0.462. The molecule has 1 saturated carbocycles. The Labute approximate surface area is 224 Å². The molecule has 0 unspecified atom stereocenters. The molecule has 2 fully saturated rings. The van der Waals surface area contributed by atoms with Crippen LogP contribution in [0.15, 0.2) is 24.5 Å². The van der Waals surface area contributed by atoms with Crippen LogP contribution in [0.25, 0.3) is 22.3 Å². The van der Waals surface area contributed by atoms with Gasteiger partial charge >= 0.3 is 6.18 Å². The van der Waals surface area contributed by atoms with E-state index in [2.05, 4.69) is 20.3 Å². The van der Waals surface area contributed by atoms with Crippen molar-refractivity contribution in [1.82, 2.24) is 25.2 Å². The minimum absolute atomic E-state index is 0.0174. The van der Waals surface area contributed by atoms with Gasteiger partial charge in [0, 0.05) is 17.8 Å². The van der Waals surface area contributed by atoms with Gasteiger partial charge in [-0.25, -0.2) is 18.7 Å². The first-order valence-corrected chi connectivity index (χ1v) is 12.6. The number of carbonyl (C=O) groups excluding carboxylic acids is 2. The third-order valence-electron chi connectivity index (χ3n) is 7.02. The third-order valence-corrected chi connectivity index (χ3v) is 7.02. The lowest BCUT2D eigenvalue weighted by Gasteiger charge is -2.18. The van der Waals surface area contributed by atoms with E-state index in [9.17, 15) is 36.6 Å². The molecule has 5 rings (SSSR count). The molecule has 3 heterocycles. The number of halogens is 5. The first-order chi connectivity index (χ1) is 18.8. The molecule has 1 aromatic carbocycles. The summed E-state index contributed by atoms with van der Waals surface area (Å²) >= 11 is 0. The van der Waals surface area contributed by atoms with Gasteiger partial charge in [0.1, 0.15) is 35.4 Å². The fourth-order valence-corrected chi connectivity index (χ4v) is 4.71. The van der Waals surface area contributed by atoms with Gasteiger partial charge in [-0.1, -0.05) is 0 Å². The van der Waals surface area contributed by atoms with E-state index < -0.39 is 54.7 Å².